The molecule has 1 rings (SSSR count). The Kier molecular flexibility index (Phi) is 5.44. The third kappa shape index (κ3) is 5.19. The number of aliphatic hydroxyl groups excluding tert-OH is 1. The summed E-state index contributed by atoms with van der Waals surface area (Å²) in [5.74, 6) is 0. The van der Waals surface area contributed by atoms with E-state index in [1.165, 1.54) is 6.07 Å². The molecule has 17 heavy (non-hydrogen) atoms. The van der Waals surface area contributed by atoms with Crippen LogP contribution in [0.1, 0.15) is 24.0 Å². The lowest BCUT2D eigenvalue weighted by atomic mass is 10.1. The predicted octanol–water partition coefficient (Wildman–Crippen LogP) is 2.99. The number of rotatable bonds is 6. The predicted molar refractivity (Wildman–Crippen MR) is 57.4 cm³/mol. The van der Waals surface area contributed by atoms with Gasteiger partial charge in [-0.15, -0.1) is 0 Å². The summed E-state index contributed by atoms with van der Waals surface area (Å²) in [4.78, 5) is 0. The molecule has 1 aromatic rings. The Morgan fingerprint density at radius 2 is 1.94 bits per heavy atom. The Bertz CT molecular complexity index is 337. The average molecular weight is 248 g/mol. The SMILES string of the molecule is OCCCCOCc1cccc(C(F)(F)F)c1. The molecule has 0 heterocycles. The van der Waals surface area contributed by atoms with Gasteiger partial charge in [-0.1, -0.05) is 12.1 Å². The lowest BCUT2D eigenvalue weighted by Crippen LogP contribution is -2.05. The maximum Gasteiger partial charge on any atom is 0.416 e. The molecule has 0 aromatic heterocycles. The number of halogens is 3. The summed E-state index contributed by atoms with van der Waals surface area (Å²) < 4.78 is 42.4. The van der Waals surface area contributed by atoms with Gasteiger partial charge in [0.1, 0.15) is 0 Å². The highest BCUT2D eigenvalue weighted by molar-refractivity contribution is 5.25. The van der Waals surface area contributed by atoms with E-state index in [-0.39, 0.29) is 13.2 Å². The van der Waals surface area contributed by atoms with E-state index < -0.39 is 11.7 Å². The van der Waals surface area contributed by atoms with Gasteiger partial charge in [0.2, 0.25) is 0 Å². The van der Waals surface area contributed by atoms with E-state index in [1.807, 2.05) is 0 Å². The normalized spacial score (nSPS) is 11.8. The van der Waals surface area contributed by atoms with Crippen LogP contribution < -0.4 is 0 Å². The van der Waals surface area contributed by atoms with Crippen LogP contribution in [0, 0.1) is 0 Å². The van der Waals surface area contributed by atoms with Crippen molar-refractivity contribution in [2.45, 2.75) is 25.6 Å². The summed E-state index contributed by atoms with van der Waals surface area (Å²) in [6.07, 6.45) is -2.97. The van der Waals surface area contributed by atoms with Crippen LogP contribution >= 0.6 is 0 Å². The van der Waals surface area contributed by atoms with Crippen LogP contribution in [0.4, 0.5) is 13.2 Å². The van der Waals surface area contributed by atoms with Crippen molar-refractivity contribution in [3.8, 4) is 0 Å². The minimum Gasteiger partial charge on any atom is -0.396 e. The Balaban J connectivity index is 2.44. The summed E-state index contributed by atoms with van der Waals surface area (Å²) >= 11 is 0. The summed E-state index contributed by atoms with van der Waals surface area (Å²) in [6, 6.07) is 5.10. The molecule has 0 unspecified atom stereocenters. The molecule has 0 radical (unpaired) electrons. The molecule has 1 N–H and O–H groups in total. The van der Waals surface area contributed by atoms with Crippen molar-refractivity contribution in [3.05, 3.63) is 35.4 Å². The maximum absolute atomic E-state index is 12.4. The lowest BCUT2D eigenvalue weighted by Gasteiger charge is -2.09. The van der Waals surface area contributed by atoms with Crippen molar-refractivity contribution in [2.75, 3.05) is 13.2 Å². The maximum atomic E-state index is 12.4. The molecule has 0 saturated heterocycles. The molecule has 0 amide bonds. The molecule has 0 fully saturated rings. The van der Waals surface area contributed by atoms with Gasteiger partial charge < -0.3 is 9.84 Å². The van der Waals surface area contributed by atoms with Crippen molar-refractivity contribution < 1.29 is 23.0 Å². The van der Waals surface area contributed by atoms with Crippen LogP contribution in [0.2, 0.25) is 0 Å². The van der Waals surface area contributed by atoms with Gasteiger partial charge in [-0.3, -0.25) is 0 Å². The Morgan fingerprint density at radius 3 is 2.59 bits per heavy atom. The molecule has 5 heteroatoms. The van der Waals surface area contributed by atoms with Gasteiger partial charge in [0.05, 0.1) is 12.2 Å². The topological polar surface area (TPSA) is 29.5 Å². The van der Waals surface area contributed by atoms with E-state index >= 15 is 0 Å². The van der Waals surface area contributed by atoms with Gasteiger partial charge in [0.25, 0.3) is 0 Å². The molecule has 0 bridgehead atoms. The zero-order chi connectivity index (χ0) is 12.7. The first-order valence-electron chi connectivity index (χ1n) is 5.39. The third-order valence-electron chi connectivity index (χ3n) is 2.22. The Hall–Kier alpha value is -1.07. The molecule has 1 aromatic carbocycles. The first kappa shape index (κ1) is 14.0. The van der Waals surface area contributed by atoms with Gasteiger partial charge in [-0.2, -0.15) is 13.2 Å². The number of hydrogen-bond acceptors (Lipinski definition) is 2. The van der Waals surface area contributed by atoms with Gasteiger partial charge in [-0.25, -0.2) is 0 Å². The smallest absolute Gasteiger partial charge is 0.396 e. The minimum atomic E-state index is -4.31. The molecule has 0 saturated carbocycles. The summed E-state index contributed by atoms with van der Waals surface area (Å²) in [5, 5.41) is 8.53. The monoisotopic (exact) mass is 248 g/mol. The standard InChI is InChI=1S/C12H15F3O2/c13-12(14,15)11-5-3-4-10(8-11)9-17-7-2-1-6-16/h3-5,8,16H,1-2,6-7,9H2. The average Bonchev–Trinajstić information content (AvgIpc) is 2.28. The summed E-state index contributed by atoms with van der Waals surface area (Å²) in [6.45, 7) is 0.707. The second-order valence-corrected chi connectivity index (χ2v) is 3.68. The zero-order valence-electron chi connectivity index (χ0n) is 9.33. The second-order valence-electron chi connectivity index (χ2n) is 3.68. The fourth-order valence-electron chi connectivity index (χ4n) is 1.34. The van der Waals surface area contributed by atoms with E-state index in [1.54, 1.807) is 6.07 Å². The fraction of sp³-hybridized carbons (Fsp3) is 0.500. The molecule has 2 nitrogen and oxygen atoms in total. The molecular formula is C12H15F3O2. The largest absolute Gasteiger partial charge is 0.416 e. The van der Waals surface area contributed by atoms with E-state index in [0.29, 0.717) is 25.0 Å². The first-order valence-corrected chi connectivity index (χ1v) is 5.39. The van der Waals surface area contributed by atoms with Crippen molar-refractivity contribution in [1.29, 1.82) is 0 Å². The van der Waals surface area contributed by atoms with Gasteiger partial charge in [0, 0.05) is 13.2 Å². The fourth-order valence-corrected chi connectivity index (χ4v) is 1.34. The van der Waals surface area contributed by atoms with Gasteiger partial charge >= 0.3 is 6.18 Å². The van der Waals surface area contributed by atoms with Crippen LogP contribution in [0.5, 0.6) is 0 Å². The quantitative estimate of drug-likeness (QED) is 0.784. The van der Waals surface area contributed by atoms with Crippen molar-refractivity contribution in [2.24, 2.45) is 0 Å². The van der Waals surface area contributed by atoms with Crippen LogP contribution in [0.15, 0.2) is 24.3 Å². The summed E-state index contributed by atoms with van der Waals surface area (Å²) in [7, 11) is 0. The zero-order valence-corrected chi connectivity index (χ0v) is 9.33. The molecule has 0 atom stereocenters. The molecule has 0 aliphatic carbocycles. The van der Waals surface area contributed by atoms with Gasteiger partial charge in [0.15, 0.2) is 0 Å². The first-order chi connectivity index (χ1) is 8.04. The van der Waals surface area contributed by atoms with E-state index in [4.69, 9.17) is 9.84 Å². The number of unbranched alkanes of at least 4 members (excludes halogenated alkanes) is 1. The van der Waals surface area contributed by atoms with Crippen molar-refractivity contribution in [3.63, 3.8) is 0 Å². The number of aliphatic hydroxyl groups is 1. The van der Waals surface area contributed by atoms with Crippen molar-refractivity contribution >= 4 is 0 Å². The van der Waals surface area contributed by atoms with Crippen LogP contribution in [-0.2, 0) is 17.5 Å². The highest BCUT2D eigenvalue weighted by Gasteiger charge is 2.30. The lowest BCUT2D eigenvalue weighted by molar-refractivity contribution is -0.137. The number of ether oxygens (including phenoxy) is 1. The molecule has 0 aliphatic heterocycles. The van der Waals surface area contributed by atoms with E-state index in [0.717, 1.165) is 12.1 Å². The van der Waals surface area contributed by atoms with Crippen LogP contribution in [0.25, 0.3) is 0 Å². The Labute approximate surface area is 98.0 Å². The molecule has 0 spiro atoms. The third-order valence-corrected chi connectivity index (χ3v) is 2.22. The van der Waals surface area contributed by atoms with Crippen LogP contribution in [-0.4, -0.2) is 18.3 Å². The number of benzene rings is 1. The number of hydrogen-bond donors (Lipinski definition) is 1. The molecule has 0 aliphatic rings. The minimum absolute atomic E-state index is 0.104. The van der Waals surface area contributed by atoms with E-state index in [9.17, 15) is 13.2 Å². The number of alkyl halides is 3. The second kappa shape index (κ2) is 6.61. The van der Waals surface area contributed by atoms with Crippen LogP contribution in [0.3, 0.4) is 0 Å². The highest BCUT2D eigenvalue weighted by Crippen LogP contribution is 2.29. The highest BCUT2D eigenvalue weighted by atomic mass is 19.4. The molecule has 96 valence electrons. The van der Waals surface area contributed by atoms with Crippen molar-refractivity contribution in [1.82, 2.24) is 0 Å². The Morgan fingerprint density at radius 1 is 1.18 bits per heavy atom. The van der Waals surface area contributed by atoms with Gasteiger partial charge in [-0.05, 0) is 30.5 Å². The summed E-state index contributed by atoms with van der Waals surface area (Å²) in [5.41, 5.74) is -0.155. The van der Waals surface area contributed by atoms with E-state index in [2.05, 4.69) is 0 Å². The molecular weight excluding hydrogens is 233 g/mol.